The van der Waals surface area contributed by atoms with Crippen LogP contribution in [-0.2, 0) is 4.79 Å². The van der Waals surface area contributed by atoms with Crippen LogP contribution in [0.15, 0.2) is 46.6 Å². The van der Waals surface area contributed by atoms with Gasteiger partial charge in [-0.2, -0.15) is 0 Å². The normalized spacial score (nSPS) is 15.6. The zero-order valence-electron chi connectivity index (χ0n) is 11.4. The molecule has 0 saturated heterocycles. The Morgan fingerprint density at radius 2 is 2.14 bits per heavy atom. The summed E-state index contributed by atoms with van der Waals surface area (Å²) in [4.78, 5) is 11.1. The summed E-state index contributed by atoms with van der Waals surface area (Å²) in [5.41, 5.74) is 4.61. The van der Waals surface area contributed by atoms with Gasteiger partial charge >= 0.3 is 5.97 Å². The van der Waals surface area contributed by atoms with Crippen molar-refractivity contribution < 1.29 is 14.3 Å². The smallest absolute Gasteiger partial charge is 0.307 e. The van der Waals surface area contributed by atoms with E-state index in [1.807, 2.05) is 43.3 Å². The number of carbonyl (C=O) groups is 1. The van der Waals surface area contributed by atoms with Gasteiger partial charge < -0.3 is 9.52 Å². The number of carboxylic acids is 1. The van der Waals surface area contributed by atoms with Gasteiger partial charge in [-0.05, 0) is 65.1 Å². The predicted octanol–water partition coefficient (Wildman–Crippen LogP) is 4.74. The number of hydrogen-bond donors (Lipinski definition) is 1. The molecular weight excluding hydrogens is 288 g/mol. The molecule has 4 heteroatoms. The summed E-state index contributed by atoms with van der Waals surface area (Å²) in [5, 5.41) is 9.72. The molecule has 3 nitrogen and oxygen atoms in total. The van der Waals surface area contributed by atoms with Gasteiger partial charge in [-0.1, -0.05) is 17.7 Å². The lowest BCUT2D eigenvalue weighted by Crippen LogP contribution is -1.96. The maximum absolute atomic E-state index is 11.1. The Hall–Kier alpha value is -2.26. The molecule has 1 N–H and O–H groups in total. The van der Waals surface area contributed by atoms with E-state index in [4.69, 9.17) is 21.1 Å². The molecule has 0 amide bonds. The highest BCUT2D eigenvalue weighted by molar-refractivity contribution is 6.31. The summed E-state index contributed by atoms with van der Waals surface area (Å²) in [6, 6.07) is 9.24. The Bertz CT molecular complexity index is 767. The van der Waals surface area contributed by atoms with Crippen molar-refractivity contribution in [2.45, 2.75) is 13.3 Å². The number of carboxylic acid groups (broad SMARTS) is 1. The van der Waals surface area contributed by atoms with Crippen LogP contribution >= 0.6 is 11.6 Å². The molecule has 1 aliphatic carbocycles. The highest BCUT2D eigenvalue weighted by atomic mass is 35.5. The maximum atomic E-state index is 11.1. The minimum atomic E-state index is -0.852. The second-order valence-corrected chi connectivity index (χ2v) is 5.37. The summed E-state index contributed by atoms with van der Waals surface area (Å²) in [6.07, 6.45) is 3.52. The Morgan fingerprint density at radius 3 is 2.81 bits per heavy atom. The number of benzene rings is 1. The van der Waals surface area contributed by atoms with E-state index in [2.05, 4.69) is 0 Å². The third-order valence-electron chi connectivity index (χ3n) is 3.61. The van der Waals surface area contributed by atoms with E-state index in [1.54, 1.807) is 6.26 Å². The zero-order valence-corrected chi connectivity index (χ0v) is 12.1. The standard InChI is InChI=1S/C17H13ClO3/c1-10-14(8-12-3-2-6-21-12)13-5-4-11(18)7-16(13)15(10)9-17(19)20/h2-8H,9H2,1H3,(H,19,20)/b14-8-. The molecule has 1 aromatic carbocycles. The molecule has 0 atom stereocenters. The van der Waals surface area contributed by atoms with E-state index >= 15 is 0 Å². The first-order chi connectivity index (χ1) is 10.1. The van der Waals surface area contributed by atoms with E-state index in [-0.39, 0.29) is 6.42 Å². The van der Waals surface area contributed by atoms with Gasteiger partial charge in [0.25, 0.3) is 0 Å². The van der Waals surface area contributed by atoms with E-state index in [0.717, 1.165) is 33.6 Å². The Labute approximate surface area is 127 Å². The SMILES string of the molecule is CC1=C(CC(=O)O)c2cc(Cl)ccc2/C1=C\c1ccco1. The van der Waals surface area contributed by atoms with Crippen molar-refractivity contribution in [3.05, 3.63) is 64.1 Å². The first kappa shape index (κ1) is 13.7. The van der Waals surface area contributed by atoms with Crippen molar-refractivity contribution in [2.24, 2.45) is 0 Å². The van der Waals surface area contributed by atoms with Crippen molar-refractivity contribution in [3.8, 4) is 0 Å². The molecular formula is C17H13ClO3. The molecule has 1 heterocycles. The number of halogens is 1. The molecule has 1 aliphatic rings. The van der Waals surface area contributed by atoms with Gasteiger partial charge in [0.2, 0.25) is 0 Å². The lowest BCUT2D eigenvalue weighted by atomic mass is 10.0. The molecule has 106 valence electrons. The molecule has 2 aromatic rings. The lowest BCUT2D eigenvalue weighted by Gasteiger charge is -2.04. The van der Waals surface area contributed by atoms with E-state index < -0.39 is 5.97 Å². The Balaban J connectivity index is 2.18. The van der Waals surface area contributed by atoms with Gasteiger partial charge in [-0.15, -0.1) is 0 Å². The first-order valence-electron chi connectivity index (χ1n) is 6.53. The van der Waals surface area contributed by atoms with E-state index in [9.17, 15) is 4.79 Å². The Kier molecular flexibility index (Phi) is 3.43. The molecule has 0 radical (unpaired) electrons. The van der Waals surface area contributed by atoms with E-state index in [0.29, 0.717) is 5.02 Å². The van der Waals surface area contributed by atoms with Crippen LogP contribution in [-0.4, -0.2) is 11.1 Å². The number of hydrogen-bond acceptors (Lipinski definition) is 2. The van der Waals surface area contributed by atoms with Crippen LogP contribution in [0, 0.1) is 0 Å². The van der Waals surface area contributed by atoms with Crippen LogP contribution in [0.25, 0.3) is 17.2 Å². The van der Waals surface area contributed by atoms with Crippen LogP contribution in [0.4, 0.5) is 0 Å². The molecule has 0 fully saturated rings. The van der Waals surface area contributed by atoms with Gasteiger partial charge in [0, 0.05) is 5.02 Å². The van der Waals surface area contributed by atoms with Crippen molar-refractivity contribution in [2.75, 3.05) is 0 Å². The maximum Gasteiger partial charge on any atom is 0.307 e. The van der Waals surface area contributed by atoms with Gasteiger partial charge in [0.1, 0.15) is 5.76 Å². The van der Waals surface area contributed by atoms with Crippen molar-refractivity contribution >= 4 is 34.8 Å². The third kappa shape index (κ3) is 2.52. The monoisotopic (exact) mass is 300 g/mol. The number of furan rings is 1. The van der Waals surface area contributed by atoms with Crippen LogP contribution in [0.2, 0.25) is 5.02 Å². The van der Waals surface area contributed by atoms with Crippen molar-refractivity contribution in [3.63, 3.8) is 0 Å². The molecule has 21 heavy (non-hydrogen) atoms. The lowest BCUT2D eigenvalue weighted by molar-refractivity contribution is -0.135. The predicted molar refractivity (Wildman–Crippen MR) is 82.9 cm³/mol. The fourth-order valence-electron chi connectivity index (χ4n) is 2.65. The zero-order chi connectivity index (χ0) is 15.0. The average Bonchev–Trinajstić information content (AvgIpc) is 3.01. The second kappa shape index (κ2) is 5.26. The van der Waals surface area contributed by atoms with Gasteiger partial charge in [-0.3, -0.25) is 4.79 Å². The summed E-state index contributed by atoms with van der Waals surface area (Å²) < 4.78 is 5.36. The van der Waals surface area contributed by atoms with Crippen molar-refractivity contribution in [1.29, 1.82) is 0 Å². The van der Waals surface area contributed by atoms with Crippen LogP contribution in [0.3, 0.4) is 0 Å². The summed E-state index contributed by atoms with van der Waals surface area (Å²) in [6.45, 7) is 1.93. The minimum Gasteiger partial charge on any atom is -0.481 e. The minimum absolute atomic E-state index is 0.0192. The van der Waals surface area contributed by atoms with E-state index in [1.165, 1.54) is 0 Å². The number of aliphatic carboxylic acids is 1. The van der Waals surface area contributed by atoms with Crippen LogP contribution in [0.1, 0.15) is 30.2 Å². The molecule has 0 bridgehead atoms. The molecule has 3 rings (SSSR count). The van der Waals surface area contributed by atoms with Crippen LogP contribution in [0.5, 0.6) is 0 Å². The van der Waals surface area contributed by atoms with Crippen LogP contribution < -0.4 is 0 Å². The fraction of sp³-hybridized carbons (Fsp3) is 0.118. The quantitative estimate of drug-likeness (QED) is 0.891. The third-order valence-corrected chi connectivity index (χ3v) is 3.85. The molecule has 0 spiro atoms. The highest BCUT2D eigenvalue weighted by Gasteiger charge is 2.25. The van der Waals surface area contributed by atoms with Crippen molar-refractivity contribution in [1.82, 2.24) is 0 Å². The average molecular weight is 301 g/mol. The molecule has 0 unspecified atom stereocenters. The summed E-state index contributed by atoms with van der Waals surface area (Å²) in [7, 11) is 0. The number of allylic oxidation sites excluding steroid dienone is 2. The number of fused-ring (bicyclic) bond motifs is 1. The topological polar surface area (TPSA) is 50.4 Å². The molecule has 0 aliphatic heterocycles. The first-order valence-corrected chi connectivity index (χ1v) is 6.91. The Morgan fingerprint density at radius 1 is 1.33 bits per heavy atom. The second-order valence-electron chi connectivity index (χ2n) is 4.94. The summed E-state index contributed by atoms with van der Waals surface area (Å²) >= 11 is 6.06. The van der Waals surface area contributed by atoms with Gasteiger partial charge in [-0.25, -0.2) is 0 Å². The fourth-order valence-corrected chi connectivity index (χ4v) is 2.82. The largest absolute Gasteiger partial charge is 0.481 e. The number of rotatable bonds is 3. The molecule has 1 aromatic heterocycles. The van der Waals surface area contributed by atoms with Gasteiger partial charge in [0.15, 0.2) is 0 Å². The highest BCUT2D eigenvalue weighted by Crippen LogP contribution is 2.44. The molecule has 0 saturated carbocycles. The van der Waals surface area contributed by atoms with Gasteiger partial charge in [0.05, 0.1) is 12.7 Å². The summed E-state index contributed by atoms with van der Waals surface area (Å²) in [5.74, 6) is -0.114.